The van der Waals surface area contributed by atoms with Crippen LogP contribution in [0.25, 0.3) is 0 Å². The van der Waals surface area contributed by atoms with Crippen LogP contribution in [-0.4, -0.2) is 204 Å². The maximum absolute atomic E-state index is 12.7. The van der Waals surface area contributed by atoms with Crippen LogP contribution >= 0.6 is 12.0 Å². The van der Waals surface area contributed by atoms with Crippen LogP contribution in [0.2, 0.25) is 0 Å². The molecule has 0 saturated carbocycles. The molecule has 298 valence electrons. The van der Waals surface area contributed by atoms with Gasteiger partial charge in [0.15, 0.2) is 5.88 Å². The third-order valence-corrected chi connectivity index (χ3v) is 11.9. The van der Waals surface area contributed by atoms with E-state index in [1.54, 1.807) is 19.0 Å². The van der Waals surface area contributed by atoms with E-state index in [2.05, 4.69) is 14.7 Å². The Hall–Kier alpha value is -1.26. The number of rotatable bonds is 28. The van der Waals surface area contributed by atoms with E-state index in [0.717, 1.165) is 0 Å². The van der Waals surface area contributed by atoms with Gasteiger partial charge in [-0.3, -0.25) is 32.2 Å². The largest absolute Gasteiger partial charge is 0.356 e. The van der Waals surface area contributed by atoms with E-state index in [4.69, 9.17) is 5.26 Å². The van der Waals surface area contributed by atoms with Gasteiger partial charge in [0.2, 0.25) is 29.4 Å². The maximum atomic E-state index is 12.7. The van der Waals surface area contributed by atoms with E-state index >= 15 is 0 Å². The molecule has 5 N–H and O–H groups in total. The van der Waals surface area contributed by atoms with Crippen LogP contribution in [0.1, 0.15) is 32.1 Å². The Balaban J connectivity index is 4.54. The molecule has 0 spiro atoms. The van der Waals surface area contributed by atoms with E-state index < -0.39 is 52.5 Å². The summed E-state index contributed by atoms with van der Waals surface area (Å²) >= 11 is 0.692. The first-order chi connectivity index (χ1) is 22.5. The van der Waals surface area contributed by atoms with E-state index in [1.165, 1.54) is 7.05 Å². The van der Waals surface area contributed by atoms with Crippen LogP contribution in [0.5, 0.6) is 0 Å². The molecule has 20 nitrogen and oxygen atoms in total. The molecule has 0 bridgehead atoms. The Morgan fingerprint density at radius 2 is 1.14 bits per heavy atom. The summed E-state index contributed by atoms with van der Waals surface area (Å²) in [6.07, 6.45) is 2.13. The van der Waals surface area contributed by atoms with Crippen molar-refractivity contribution in [3.05, 3.63) is 0 Å². The Labute approximate surface area is 301 Å². The topological polar surface area (TPSA) is 251 Å². The summed E-state index contributed by atoms with van der Waals surface area (Å²) in [4.78, 5) is 26.6. The predicted octanol–water partition coefficient (Wildman–Crippen LogP) is -0.880. The van der Waals surface area contributed by atoms with Crippen LogP contribution < -0.4 is 5.32 Å². The monoisotopic (exact) mass is 808 g/mol. The highest BCUT2D eigenvalue weighted by atomic mass is 32.2. The van der Waals surface area contributed by atoms with Crippen LogP contribution in [-0.2, 0) is 49.3 Å². The summed E-state index contributed by atoms with van der Waals surface area (Å²) in [5, 5.41) is 14.7. The lowest BCUT2D eigenvalue weighted by atomic mass is 10.1. The van der Waals surface area contributed by atoms with Gasteiger partial charge >= 0.3 is 30.4 Å². The summed E-state index contributed by atoms with van der Waals surface area (Å²) in [7, 11) is -1.08. The number of hydrogen-bond acceptors (Lipinski definition) is 12. The number of carbonyl (C=O) groups excluding carboxylic acids is 2. The van der Waals surface area contributed by atoms with Crippen LogP contribution in [0.3, 0.4) is 0 Å². The molecule has 0 aromatic heterocycles. The zero-order valence-electron chi connectivity index (χ0n) is 30.3. The minimum Gasteiger partial charge on any atom is -0.356 e. The van der Waals surface area contributed by atoms with Crippen LogP contribution in [0.4, 0.5) is 0 Å². The normalized spacial score (nSPS) is 14.7. The molecule has 24 heteroatoms. The van der Waals surface area contributed by atoms with Crippen molar-refractivity contribution in [3.63, 3.8) is 0 Å². The Kier molecular flexibility index (Phi) is 20.3. The van der Waals surface area contributed by atoms with E-state index in [1.807, 2.05) is 28.2 Å². The highest BCUT2D eigenvalue weighted by Gasteiger charge is 2.35. The maximum Gasteiger partial charge on any atom is 0.316 e. The van der Waals surface area contributed by atoms with Gasteiger partial charge in [-0.2, -0.15) is 25.3 Å². The quantitative estimate of drug-likeness (QED) is 0.0122. The summed E-state index contributed by atoms with van der Waals surface area (Å²) in [6, 6.07) is 0. The fraction of sp³-hybridized carbons (Fsp3) is 0.923. The van der Waals surface area contributed by atoms with E-state index in [-0.39, 0.29) is 41.6 Å². The van der Waals surface area contributed by atoms with E-state index in [9.17, 15) is 48.5 Å². The summed E-state index contributed by atoms with van der Waals surface area (Å²) in [5.41, 5.74) is 0. The fourth-order valence-corrected chi connectivity index (χ4v) is 8.87. The third-order valence-electron chi connectivity index (χ3n) is 8.13. The van der Waals surface area contributed by atoms with Gasteiger partial charge in [-0.1, -0.05) is 5.04 Å². The van der Waals surface area contributed by atoms with Gasteiger partial charge in [-0.25, -0.2) is 5.26 Å². The van der Waals surface area contributed by atoms with Gasteiger partial charge in [0.1, 0.15) is 26.2 Å². The first-order valence-corrected chi connectivity index (χ1v) is 21.5. The van der Waals surface area contributed by atoms with Crippen molar-refractivity contribution in [2.24, 2.45) is 0 Å². The minimum atomic E-state index is -4.50. The Morgan fingerprint density at radius 3 is 1.64 bits per heavy atom. The molecule has 0 fully saturated rings. The number of hydrogen-bond donors (Lipinski definition) is 5. The molecule has 0 rings (SSSR count). The number of unbranched alkanes of at least 4 members (excludes halogenated alkanes) is 1. The molecule has 0 radical (unpaired) electrons. The van der Waals surface area contributed by atoms with Crippen LogP contribution in [0.15, 0.2) is 0 Å². The van der Waals surface area contributed by atoms with Crippen molar-refractivity contribution in [2.45, 2.75) is 32.1 Å². The smallest absolute Gasteiger partial charge is 0.316 e. The van der Waals surface area contributed by atoms with Crippen LogP contribution in [0, 0.1) is 0 Å². The third kappa shape index (κ3) is 25.7. The van der Waals surface area contributed by atoms with Crippen molar-refractivity contribution < 1.29 is 81.1 Å². The fourth-order valence-electron chi connectivity index (χ4n) is 5.05. The number of carbonyl (C=O) groups is 2. The molecule has 0 aromatic carbocycles. The van der Waals surface area contributed by atoms with Crippen molar-refractivity contribution in [1.29, 1.82) is 0 Å². The van der Waals surface area contributed by atoms with Gasteiger partial charge < -0.3 is 19.2 Å². The first-order valence-electron chi connectivity index (χ1n) is 15.8. The number of amides is 2. The molecule has 0 aliphatic rings. The molecule has 1 unspecified atom stereocenters. The van der Waals surface area contributed by atoms with Gasteiger partial charge in [0.05, 0.1) is 74.0 Å². The van der Waals surface area contributed by atoms with Gasteiger partial charge in [0, 0.05) is 32.9 Å². The number of likely N-dealkylation sites (N-methyl/N-ethyl adjacent to an activating group) is 5. The second-order valence-corrected chi connectivity index (χ2v) is 19.6. The second-order valence-electron chi connectivity index (χ2n) is 14.7. The molecule has 1 atom stereocenters. The zero-order chi connectivity index (χ0) is 39.1. The number of quaternary nitrogens is 4. The molecule has 0 heterocycles. The molecule has 0 saturated heterocycles. The average Bonchev–Trinajstić information content (AvgIpc) is 2.91. The molecule has 0 aliphatic carbocycles. The van der Waals surface area contributed by atoms with Gasteiger partial charge in [-0.05, 0) is 12.8 Å². The van der Waals surface area contributed by atoms with Crippen molar-refractivity contribution in [1.82, 2.24) is 10.2 Å². The SMILES string of the molecule is CN(CC[N+](C)(C)CC[N+](C)(CSOOO)CS(=O)(=O)O)C(=O)CCCCC(=O)NCCC[N+](C)(C)CC[N+](C)(CS(=O)(=O)O)CS(=O)(=O)O. The molecule has 0 aromatic rings. The highest BCUT2D eigenvalue weighted by molar-refractivity contribution is 7.94. The molecule has 2 amide bonds. The van der Waals surface area contributed by atoms with Crippen molar-refractivity contribution in [3.8, 4) is 0 Å². The highest BCUT2D eigenvalue weighted by Crippen LogP contribution is 2.16. The lowest BCUT2D eigenvalue weighted by Gasteiger charge is -2.37. The first kappa shape index (κ1) is 48.7. The standard InChI is InChI=1S/C26H56N6O14S4/c1-28(14-16-30(4,5)17-19-31(6,21-47-46-45-35)22-48(36,37)38)26(34)12-9-8-11-25(33)27-13-10-15-29(2,3)18-20-32(7,23-49(39,40)41)24-50(42,43)44/h8-24H2,1-7H3,(H-4,27,33,35,36,37,38,39,40,41,42,43,44)/p+4. The second kappa shape index (κ2) is 20.8. The predicted molar refractivity (Wildman–Crippen MR) is 186 cm³/mol. The molecular formula is C26H60N6O14S4+4. The number of nitrogens with one attached hydrogen (secondary N) is 1. The average molecular weight is 809 g/mol. The lowest BCUT2D eigenvalue weighted by Crippen LogP contribution is -2.56. The van der Waals surface area contributed by atoms with Crippen molar-refractivity contribution >= 4 is 54.2 Å². The van der Waals surface area contributed by atoms with Gasteiger partial charge in [-0.15, -0.1) is 4.33 Å². The summed E-state index contributed by atoms with van der Waals surface area (Å²) < 4.78 is 101. The van der Waals surface area contributed by atoms with E-state index in [0.29, 0.717) is 86.1 Å². The lowest BCUT2D eigenvalue weighted by molar-refractivity contribution is -0.944. The Morgan fingerprint density at radius 1 is 0.680 bits per heavy atom. The summed E-state index contributed by atoms with van der Waals surface area (Å²) in [6.45, 7) is 3.20. The zero-order valence-corrected chi connectivity index (χ0v) is 33.5. The number of nitrogens with zero attached hydrogens (tertiary/aromatic N) is 5. The minimum absolute atomic E-state index is 0.0427. The Bertz CT molecular complexity index is 1360. The molecular weight excluding hydrogens is 749 g/mol. The van der Waals surface area contributed by atoms with Gasteiger partial charge in [0.25, 0.3) is 0 Å². The molecule has 0 aliphatic heterocycles. The molecule has 50 heavy (non-hydrogen) atoms. The van der Waals surface area contributed by atoms with Crippen molar-refractivity contribution in [2.75, 3.05) is 125 Å². The summed E-state index contributed by atoms with van der Waals surface area (Å²) in [5.74, 6) is -2.46.